The molecule has 1 atom stereocenters. The molecule has 1 aliphatic rings. The highest BCUT2D eigenvalue weighted by Crippen LogP contribution is 2.35. The van der Waals surface area contributed by atoms with Gasteiger partial charge in [-0.15, -0.1) is 0 Å². The summed E-state index contributed by atoms with van der Waals surface area (Å²) in [7, 11) is 2.36. The molecule has 1 heterocycles. The van der Waals surface area contributed by atoms with E-state index in [1.807, 2.05) is 37.3 Å². The fraction of sp³-hybridized carbons (Fsp3) is 0.263. The molecule has 4 nitrogen and oxygen atoms in total. The predicted molar refractivity (Wildman–Crippen MR) is 101 cm³/mol. The summed E-state index contributed by atoms with van der Waals surface area (Å²) in [6, 6.07) is 12.4. The van der Waals surface area contributed by atoms with E-state index in [9.17, 15) is 8.42 Å². The Kier molecular flexibility index (Phi) is 3.97. The van der Waals surface area contributed by atoms with Crippen LogP contribution < -0.4 is 10.2 Å². The van der Waals surface area contributed by atoms with Crippen LogP contribution in [-0.2, 0) is 16.4 Å². The van der Waals surface area contributed by atoms with E-state index in [2.05, 4.69) is 9.71 Å². The Morgan fingerprint density at radius 1 is 1.16 bits per heavy atom. The Morgan fingerprint density at radius 2 is 1.92 bits per heavy atom. The van der Waals surface area contributed by atoms with Crippen molar-refractivity contribution in [2.24, 2.45) is 0 Å². The van der Waals surface area contributed by atoms with Gasteiger partial charge in [-0.05, 0) is 49.9 Å². The van der Waals surface area contributed by atoms with Crippen LogP contribution >= 0.6 is 0 Å². The number of aromatic nitrogens is 1. The predicted octanol–water partition coefficient (Wildman–Crippen LogP) is 2.63. The molecule has 0 aliphatic heterocycles. The Balaban J connectivity index is 1.71. The first-order valence-corrected chi connectivity index (χ1v) is 9.91. The number of sulfonamides is 1. The topological polar surface area (TPSA) is 62.0 Å². The zero-order chi connectivity index (χ0) is 17.6. The number of benzene rings is 2. The van der Waals surface area contributed by atoms with Crippen LogP contribution in [0.25, 0.3) is 10.9 Å². The van der Waals surface area contributed by atoms with E-state index in [1.54, 1.807) is 12.1 Å². The molecule has 2 radical (unpaired) electrons. The van der Waals surface area contributed by atoms with Gasteiger partial charge < -0.3 is 4.98 Å². The summed E-state index contributed by atoms with van der Waals surface area (Å²) in [5.41, 5.74) is 4.89. The molecule has 0 fully saturated rings. The van der Waals surface area contributed by atoms with Crippen molar-refractivity contribution in [3.05, 3.63) is 59.3 Å². The molecule has 0 saturated heterocycles. The van der Waals surface area contributed by atoms with Gasteiger partial charge in [0.25, 0.3) is 0 Å². The van der Waals surface area contributed by atoms with Crippen molar-refractivity contribution in [3.63, 3.8) is 0 Å². The highest BCUT2D eigenvalue weighted by Gasteiger charge is 2.28. The third-order valence-corrected chi connectivity index (χ3v) is 6.35. The number of aromatic amines is 1. The van der Waals surface area contributed by atoms with Crippen LogP contribution in [0.1, 0.15) is 35.7 Å². The van der Waals surface area contributed by atoms with Crippen molar-refractivity contribution < 1.29 is 8.42 Å². The highest BCUT2D eigenvalue weighted by molar-refractivity contribution is 7.89. The molecule has 0 bridgehead atoms. The summed E-state index contributed by atoms with van der Waals surface area (Å²) in [4.78, 5) is 3.69. The quantitative estimate of drug-likeness (QED) is 0.714. The summed E-state index contributed by atoms with van der Waals surface area (Å²) in [6.45, 7) is 1.94. The first kappa shape index (κ1) is 16.4. The van der Waals surface area contributed by atoms with Crippen molar-refractivity contribution >= 4 is 34.2 Å². The number of hydrogen-bond acceptors (Lipinski definition) is 2. The first-order chi connectivity index (χ1) is 11.9. The van der Waals surface area contributed by atoms with Crippen LogP contribution in [0, 0.1) is 6.92 Å². The zero-order valence-electron chi connectivity index (χ0n) is 14.0. The van der Waals surface area contributed by atoms with E-state index in [1.165, 1.54) is 5.56 Å². The van der Waals surface area contributed by atoms with Gasteiger partial charge in [-0.25, -0.2) is 13.1 Å². The summed E-state index contributed by atoms with van der Waals surface area (Å²) in [5, 5.41) is 1.09. The lowest BCUT2D eigenvalue weighted by Gasteiger charge is -2.23. The molecule has 0 amide bonds. The molecule has 0 spiro atoms. The summed E-state index contributed by atoms with van der Waals surface area (Å²) < 4.78 is 28.4. The molecule has 4 rings (SSSR count). The van der Waals surface area contributed by atoms with Crippen LogP contribution in [0.3, 0.4) is 0 Å². The first-order valence-electron chi connectivity index (χ1n) is 8.43. The molecule has 2 aromatic carbocycles. The van der Waals surface area contributed by atoms with Crippen molar-refractivity contribution in [3.8, 4) is 0 Å². The smallest absolute Gasteiger partial charge is 0.241 e. The molecule has 6 heteroatoms. The second-order valence-corrected chi connectivity index (χ2v) is 8.42. The van der Waals surface area contributed by atoms with Crippen molar-refractivity contribution in [1.82, 2.24) is 9.71 Å². The van der Waals surface area contributed by atoms with E-state index in [4.69, 9.17) is 7.85 Å². The van der Waals surface area contributed by atoms with Crippen molar-refractivity contribution in [2.45, 2.75) is 37.1 Å². The molecule has 3 aromatic rings. The van der Waals surface area contributed by atoms with Gasteiger partial charge in [-0.2, -0.15) is 0 Å². The number of H-pyrrole nitrogens is 1. The normalized spacial score (nSPS) is 17.6. The van der Waals surface area contributed by atoms with Crippen LogP contribution in [0.15, 0.2) is 47.4 Å². The number of aryl methyl sites for hydroxylation is 2. The minimum atomic E-state index is -3.56. The lowest BCUT2D eigenvalue weighted by atomic mass is 9.89. The third-order valence-electron chi connectivity index (χ3n) is 4.86. The van der Waals surface area contributed by atoms with E-state index < -0.39 is 10.0 Å². The van der Waals surface area contributed by atoms with Gasteiger partial charge in [0.15, 0.2) is 0 Å². The minimum absolute atomic E-state index is 0.247. The molecule has 1 aliphatic carbocycles. The fourth-order valence-electron chi connectivity index (χ4n) is 3.57. The summed E-state index contributed by atoms with van der Waals surface area (Å²) in [5.74, 6) is 0. The van der Waals surface area contributed by atoms with Crippen LogP contribution in [0.2, 0.25) is 0 Å². The number of fused-ring (bicyclic) bond motifs is 3. The number of hydrogen-bond donors (Lipinski definition) is 2. The second kappa shape index (κ2) is 6.04. The van der Waals surface area contributed by atoms with Gasteiger partial charge in [0.05, 0.1) is 10.9 Å². The largest absolute Gasteiger partial charge is 0.357 e. The second-order valence-electron chi connectivity index (χ2n) is 6.70. The lowest BCUT2D eigenvalue weighted by Crippen LogP contribution is -2.31. The third kappa shape index (κ3) is 3.00. The Labute approximate surface area is 149 Å². The number of nitrogens with one attached hydrogen (secondary N) is 2. The van der Waals surface area contributed by atoms with Gasteiger partial charge in [0, 0.05) is 16.6 Å². The maximum Gasteiger partial charge on any atom is 0.241 e. The van der Waals surface area contributed by atoms with Crippen molar-refractivity contribution in [2.75, 3.05) is 0 Å². The zero-order valence-corrected chi connectivity index (χ0v) is 14.9. The minimum Gasteiger partial charge on any atom is -0.357 e. The van der Waals surface area contributed by atoms with Gasteiger partial charge in [-0.1, -0.05) is 35.3 Å². The van der Waals surface area contributed by atoms with Crippen LogP contribution in [0.5, 0.6) is 0 Å². The molecule has 0 saturated carbocycles. The summed E-state index contributed by atoms with van der Waals surface area (Å²) in [6.07, 6.45) is 2.65. The molecule has 126 valence electrons. The highest BCUT2D eigenvalue weighted by atomic mass is 32.2. The van der Waals surface area contributed by atoms with E-state index in [0.717, 1.165) is 46.9 Å². The molecule has 1 aromatic heterocycles. The Morgan fingerprint density at radius 3 is 2.68 bits per heavy atom. The fourth-order valence-corrected chi connectivity index (χ4v) is 4.81. The van der Waals surface area contributed by atoms with Gasteiger partial charge in [0.1, 0.15) is 7.85 Å². The Bertz CT molecular complexity index is 1040. The molecule has 1 unspecified atom stereocenters. The Hall–Kier alpha value is -2.05. The maximum absolute atomic E-state index is 12.7. The van der Waals surface area contributed by atoms with Gasteiger partial charge in [-0.3, -0.25) is 0 Å². The van der Waals surface area contributed by atoms with Crippen molar-refractivity contribution in [1.29, 1.82) is 0 Å². The van der Waals surface area contributed by atoms with Gasteiger partial charge >= 0.3 is 0 Å². The SMILES string of the molecule is [B]c1ccc2[nH]c3c(c2c1)CCCC3NS(=O)(=O)c1ccc(C)cc1. The average Bonchev–Trinajstić information content (AvgIpc) is 2.94. The average molecular weight is 350 g/mol. The van der Waals surface area contributed by atoms with E-state index in [-0.39, 0.29) is 6.04 Å². The standard InChI is InChI=1S/C19H19BN2O2S/c1-12-5-8-14(9-6-12)25(23,24)22-18-4-2-3-15-16-11-13(20)7-10-17(16)21-19(15)18/h5-11,18,21-22H,2-4H2,1H3. The van der Waals surface area contributed by atoms with E-state index >= 15 is 0 Å². The van der Waals surface area contributed by atoms with Gasteiger partial charge in [0.2, 0.25) is 10.0 Å². The lowest BCUT2D eigenvalue weighted by molar-refractivity contribution is 0.501. The van der Waals surface area contributed by atoms with Crippen LogP contribution in [0.4, 0.5) is 0 Å². The van der Waals surface area contributed by atoms with E-state index in [0.29, 0.717) is 4.90 Å². The monoisotopic (exact) mass is 350 g/mol. The maximum atomic E-state index is 12.7. The molecular formula is C19H19BN2O2S. The van der Waals surface area contributed by atoms with Crippen LogP contribution in [-0.4, -0.2) is 21.2 Å². The molecule has 2 N–H and O–H groups in total. The molecular weight excluding hydrogens is 331 g/mol. The molecule has 25 heavy (non-hydrogen) atoms. The number of rotatable bonds is 3. The summed E-state index contributed by atoms with van der Waals surface area (Å²) >= 11 is 0.